The van der Waals surface area contributed by atoms with Gasteiger partial charge >= 0.3 is 6.18 Å². The van der Waals surface area contributed by atoms with Crippen LogP contribution in [-0.4, -0.2) is 18.3 Å². The van der Waals surface area contributed by atoms with Gasteiger partial charge in [0, 0.05) is 18.5 Å². The Balaban J connectivity index is 1.83. The van der Waals surface area contributed by atoms with Crippen LogP contribution in [0, 0.1) is 5.92 Å². The first-order chi connectivity index (χ1) is 9.47. The van der Waals surface area contributed by atoms with Crippen molar-refractivity contribution in [2.75, 3.05) is 0 Å². The van der Waals surface area contributed by atoms with Crippen molar-refractivity contribution in [2.24, 2.45) is 5.92 Å². The maximum Gasteiger partial charge on any atom is 0.393 e. The van der Waals surface area contributed by atoms with Crippen LogP contribution in [0.2, 0.25) is 0 Å². The fourth-order valence-electron chi connectivity index (χ4n) is 2.98. The summed E-state index contributed by atoms with van der Waals surface area (Å²) in [6.07, 6.45) is 1.52. The Morgan fingerprint density at radius 2 is 2.10 bits per heavy atom. The molecule has 0 aliphatic heterocycles. The number of nitrogens with one attached hydrogen (secondary N) is 1. The van der Waals surface area contributed by atoms with E-state index in [-0.39, 0.29) is 12.5 Å². The van der Waals surface area contributed by atoms with Crippen LogP contribution in [0.25, 0.3) is 0 Å². The summed E-state index contributed by atoms with van der Waals surface area (Å²) in [4.78, 5) is 0. The second-order valence-electron chi connectivity index (χ2n) is 5.72. The molecular weight excluding hydrogens is 267 g/mol. The first-order valence-corrected chi connectivity index (χ1v) is 7.32. The van der Waals surface area contributed by atoms with Gasteiger partial charge in [-0.05, 0) is 38.3 Å². The van der Waals surface area contributed by atoms with E-state index in [1.54, 1.807) is 6.26 Å². The highest BCUT2D eigenvalue weighted by Gasteiger charge is 2.45. The van der Waals surface area contributed by atoms with E-state index in [9.17, 15) is 13.2 Å². The first-order valence-electron chi connectivity index (χ1n) is 7.32. The molecule has 20 heavy (non-hydrogen) atoms. The highest BCUT2D eigenvalue weighted by molar-refractivity contribution is 4.98. The zero-order valence-electron chi connectivity index (χ0n) is 11.7. The SMILES string of the molecule is CC(CCc1ccco1)NC1CCCCC1C(F)(F)F. The third-order valence-corrected chi connectivity index (χ3v) is 4.09. The van der Waals surface area contributed by atoms with Crippen molar-refractivity contribution in [1.82, 2.24) is 5.32 Å². The Bertz CT molecular complexity index is 388. The molecule has 1 aliphatic rings. The summed E-state index contributed by atoms with van der Waals surface area (Å²) in [7, 11) is 0. The summed E-state index contributed by atoms with van der Waals surface area (Å²) in [5, 5.41) is 3.18. The summed E-state index contributed by atoms with van der Waals surface area (Å²) >= 11 is 0. The Morgan fingerprint density at radius 1 is 1.35 bits per heavy atom. The molecule has 0 saturated heterocycles. The molecular formula is C15H22F3NO. The maximum atomic E-state index is 13.0. The zero-order valence-corrected chi connectivity index (χ0v) is 11.7. The maximum absolute atomic E-state index is 13.0. The Hall–Kier alpha value is -0.970. The molecule has 1 heterocycles. The first kappa shape index (κ1) is 15.4. The van der Waals surface area contributed by atoms with E-state index in [4.69, 9.17) is 4.42 Å². The number of furan rings is 1. The largest absolute Gasteiger partial charge is 0.469 e. The summed E-state index contributed by atoms with van der Waals surface area (Å²) in [6.45, 7) is 1.95. The zero-order chi connectivity index (χ0) is 14.6. The highest BCUT2D eigenvalue weighted by atomic mass is 19.4. The van der Waals surface area contributed by atoms with E-state index < -0.39 is 18.1 Å². The van der Waals surface area contributed by atoms with Gasteiger partial charge in [0.2, 0.25) is 0 Å². The predicted molar refractivity (Wildman–Crippen MR) is 71.4 cm³/mol. The normalized spacial score (nSPS) is 25.6. The van der Waals surface area contributed by atoms with Gasteiger partial charge in [0.1, 0.15) is 5.76 Å². The highest BCUT2D eigenvalue weighted by Crippen LogP contribution is 2.37. The van der Waals surface area contributed by atoms with Crippen LogP contribution in [0.5, 0.6) is 0 Å². The lowest BCUT2D eigenvalue weighted by Crippen LogP contribution is -2.48. The van der Waals surface area contributed by atoms with Crippen LogP contribution in [0.3, 0.4) is 0 Å². The molecule has 1 N–H and O–H groups in total. The van der Waals surface area contributed by atoms with Gasteiger partial charge in [-0.25, -0.2) is 0 Å². The number of halogens is 3. The smallest absolute Gasteiger partial charge is 0.393 e. The number of alkyl halides is 3. The lowest BCUT2D eigenvalue weighted by atomic mass is 9.83. The van der Waals surface area contributed by atoms with Gasteiger partial charge in [-0.15, -0.1) is 0 Å². The molecule has 0 spiro atoms. The summed E-state index contributed by atoms with van der Waals surface area (Å²) < 4.78 is 44.2. The van der Waals surface area contributed by atoms with Crippen LogP contribution in [0.15, 0.2) is 22.8 Å². The number of hydrogen-bond donors (Lipinski definition) is 1. The predicted octanol–water partition coefficient (Wildman–Crippen LogP) is 4.31. The average Bonchev–Trinajstić information content (AvgIpc) is 2.89. The van der Waals surface area contributed by atoms with Gasteiger partial charge in [-0.2, -0.15) is 13.2 Å². The van der Waals surface area contributed by atoms with Gasteiger partial charge in [-0.3, -0.25) is 0 Å². The van der Waals surface area contributed by atoms with Crippen LogP contribution in [0.1, 0.15) is 44.8 Å². The standard InChI is InChI=1S/C15H22F3NO/c1-11(8-9-12-5-4-10-20-12)19-14-7-3-2-6-13(14)15(16,17)18/h4-5,10-11,13-14,19H,2-3,6-9H2,1H3. The molecule has 0 bridgehead atoms. The number of hydrogen-bond acceptors (Lipinski definition) is 2. The van der Waals surface area contributed by atoms with Gasteiger partial charge < -0.3 is 9.73 Å². The molecule has 0 radical (unpaired) electrons. The van der Waals surface area contributed by atoms with Gasteiger partial charge in [-0.1, -0.05) is 12.8 Å². The van der Waals surface area contributed by atoms with E-state index in [0.29, 0.717) is 12.8 Å². The fraction of sp³-hybridized carbons (Fsp3) is 0.733. The molecule has 1 fully saturated rings. The van der Waals surface area contributed by atoms with Crippen molar-refractivity contribution in [1.29, 1.82) is 0 Å². The van der Waals surface area contributed by atoms with Crippen molar-refractivity contribution < 1.29 is 17.6 Å². The quantitative estimate of drug-likeness (QED) is 0.873. The third-order valence-electron chi connectivity index (χ3n) is 4.09. The minimum atomic E-state index is -4.08. The van der Waals surface area contributed by atoms with E-state index in [0.717, 1.165) is 25.0 Å². The molecule has 1 saturated carbocycles. The number of rotatable bonds is 5. The summed E-state index contributed by atoms with van der Waals surface area (Å²) in [5.74, 6) is -0.308. The van der Waals surface area contributed by atoms with Crippen molar-refractivity contribution in [3.63, 3.8) is 0 Å². The van der Waals surface area contributed by atoms with Gasteiger partial charge in [0.25, 0.3) is 0 Å². The van der Waals surface area contributed by atoms with Crippen molar-refractivity contribution in [3.05, 3.63) is 24.2 Å². The monoisotopic (exact) mass is 289 g/mol. The molecule has 2 nitrogen and oxygen atoms in total. The van der Waals surface area contributed by atoms with Crippen LogP contribution >= 0.6 is 0 Å². The molecule has 1 aromatic heterocycles. The molecule has 1 aliphatic carbocycles. The van der Waals surface area contributed by atoms with E-state index in [1.807, 2.05) is 19.1 Å². The summed E-state index contributed by atoms with van der Waals surface area (Å²) in [5.41, 5.74) is 0. The van der Waals surface area contributed by atoms with Gasteiger partial charge in [0.15, 0.2) is 0 Å². The molecule has 114 valence electrons. The Morgan fingerprint density at radius 3 is 2.75 bits per heavy atom. The Labute approximate surface area is 117 Å². The van der Waals surface area contributed by atoms with Gasteiger partial charge in [0.05, 0.1) is 12.2 Å². The molecule has 3 atom stereocenters. The molecule has 0 amide bonds. The molecule has 5 heteroatoms. The lowest BCUT2D eigenvalue weighted by Gasteiger charge is -2.35. The molecule has 0 aromatic carbocycles. The second kappa shape index (κ2) is 6.66. The second-order valence-corrected chi connectivity index (χ2v) is 5.72. The molecule has 1 aromatic rings. The molecule has 2 rings (SSSR count). The average molecular weight is 289 g/mol. The minimum absolute atomic E-state index is 0.0630. The van der Waals surface area contributed by atoms with E-state index >= 15 is 0 Å². The lowest BCUT2D eigenvalue weighted by molar-refractivity contribution is -0.189. The summed E-state index contributed by atoms with van der Waals surface area (Å²) in [6, 6.07) is 3.35. The van der Waals surface area contributed by atoms with Crippen LogP contribution < -0.4 is 5.32 Å². The number of aryl methyl sites for hydroxylation is 1. The minimum Gasteiger partial charge on any atom is -0.469 e. The van der Waals surface area contributed by atoms with Crippen LogP contribution in [0.4, 0.5) is 13.2 Å². The third kappa shape index (κ3) is 4.27. The van der Waals surface area contributed by atoms with Crippen molar-refractivity contribution >= 4 is 0 Å². The van der Waals surface area contributed by atoms with Crippen molar-refractivity contribution in [2.45, 2.75) is 63.7 Å². The van der Waals surface area contributed by atoms with Crippen molar-refractivity contribution in [3.8, 4) is 0 Å². The topological polar surface area (TPSA) is 25.2 Å². The van der Waals surface area contributed by atoms with E-state index in [2.05, 4.69) is 5.32 Å². The van der Waals surface area contributed by atoms with Crippen LogP contribution in [-0.2, 0) is 6.42 Å². The Kier molecular flexibility index (Phi) is 5.13. The molecule has 3 unspecified atom stereocenters. The fourth-order valence-corrected chi connectivity index (χ4v) is 2.98. The van der Waals surface area contributed by atoms with E-state index in [1.165, 1.54) is 0 Å².